The Morgan fingerprint density at radius 1 is 1.05 bits per heavy atom. The number of ether oxygens (including phenoxy) is 1. The lowest BCUT2D eigenvalue weighted by atomic mass is 10.0. The van der Waals surface area contributed by atoms with Crippen molar-refractivity contribution in [2.24, 2.45) is 5.92 Å². The molecule has 0 heterocycles. The Morgan fingerprint density at radius 3 is 2.50 bits per heavy atom. The number of alkyl halides is 3. The lowest BCUT2D eigenvalue weighted by Crippen LogP contribution is -2.04. The van der Waals surface area contributed by atoms with E-state index in [0.29, 0.717) is 18.1 Å². The van der Waals surface area contributed by atoms with Crippen molar-refractivity contribution in [1.29, 1.82) is 0 Å². The highest BCUT2D eigenvalue weighted by molar-refractivity contribution is 5.67. The molecule has 1 fully saturated rings. The quantitative estimate of drug-likeness (QED) is 0.728. The van der Waals surface area contributed by atoms with Gasteiger partial charge in [0.1, 0.15) is 5.75 Å². The van der Waals surface area contributed by atoms with E-state index in [4.69, 9.17) is 4.74 Å². The normalized spacial score (nSPS) is 14.9. The maximum absolute atomic E-state index is 12.8. The van der Waals surface area contributed by atoms with E-state index in [2.05, 4.69) is 0 Å². The van der Waals surface area contributed by atoms with Gasteiger partial charge in [0.05, 0.1) is 12.2 Å². The van der Waals surface area contributed by atoms with Crippen molar-refractivity contribution >= 4 is 0 Å². The van der Waals surface area contributed by atoms with Gasteiger partial charge in [-0.05, 0) is 66.6 Å². The van der Waals surface area contributed by atoms with Crippen LogP contribution in [0.2, 0.25) is 0 Å². The van der Waals surface area contributed by atoms with Crippen LogP contribution in [0.3, 0.4) is 0 Å². The summed E-state index contributed by atoms with van der Waals surface area (Å²) in [6.45, 7) is 2.60. The van der Waals surface area contributed by atoms with Gasteiger partial charge < -0.3 is 4.74 Å². The van der Waals surface area contributed by atoms with Crippen molar-refractivity contribution in [3.63, 3.8) is 0 Å². The molecular weight excluding hydrogens is 289 g/mol. The van der Waals surface area contributed by atoms with E-state index in [1.807, 2.05) is 25.1 Å². The summed E-state index contributed by atoms with van der Waals surface area (Å²) in [5.74, 6) is 1.36. The summed E-state index contributed by atoms with van der Waals surface area (Å²) in [5, 5.41) is 0. The van der Waals surface area contributed by atoms with Crippen LogP contribution < -0.4 is 4.74 Å². The van der Waals surface area contributed by atoms with Gasteiger partial charge in [-0.15, -0.1) is 0 Å². The minimum absolute atomic E-state index is 0.551. The van der Waals surface area contributed by atoms with Gasteiger partial charge >= 0.3 is 6.18 Å². The molecule has 2 aromatic rings. The van der Waals surface area contributed by atoms with Crippen molar-refractivity contribution < 1.29 is 17.9 Å². The van der Waals surface area contributed by atoms with Crippen LogP contribution in [0.15, 0.2) is 42.5 Å². The van der Waals surface area contributed by atoms with E-state index in [0.717, 1.165) is 22.9 Å². The third-order valence-electron chi connectivity index (χ3n) is 3.76. The third kappa shape index (κ3) is 3.62. The van der Waals surface area contributed by atoms with Gasteiger partial charge in [-0.25, -0.2) is 0 Å². The summed E-state index contributed by atoms with van der Waals surface area (Å²) in [6, 6.07) is 11.0. The molecule has 4 heteroatoms. The van der Waals surface area contributed by atoms with Crippen LogP contribution in [0.25, 0.3) is 11.1 Å². The molecule has 1 nitrogen and oxygen atoms in total. The maximum atomic E-state index is 12.8. The van der Waals surface area contributed by atoms with Gasteiger partial charge in [0, 0.05) is 0 Å². The highest BCUT2D eigenvalue weighted by Gasteiger charge is 2.30. The molecule has 3 rings (SSSR count). The van der Waals surface area contributed by atoms with Crippen molar-refractivity contribution in [3.8, 4) is 16.9 Å². The standard InChI is InChI=1S/C18H17F3O/c1-12-7-15(10-17(8-12)22-11-13-5-6-13)14-3-2-4-16(9-14)18(19,20)21/h2-4,7-10,13H,5-6,11H2,1H3. The molecule has 1 aliphatic rings. The fourth-order valence-electron chi connectivity index (χ4n) is 2.37. The molecule has 0 amide bonds. The van der Waals surface area contributed by atoms with Gasteiger partial charge in [0.25, 0.3) is 0 Å². The van der Waals surface area contributed by atoms with Crippen LogP contribution >= 0.6 is 0 Å². The first-order chi connectivity index (χ1) is 10.4. The van der Waals surface area contributed by atoms with Gasteiger partial charge in [-0.3, -0.25) is 0 Å². The van der Waals surface area contributed by atoms with Gasteiger partial charge in [0.2, 0.25) is 0 Å². The highest BCUT2D eigenvalue weighted by Crippen LogP contribution is 2.34. The molecule has 0 N–H and O–H groups in total. The molecule has 1 aliphatic carbocycles. The third-order valence-corrected chi connectivity index (χ3v) is 3.76. The number of hydrogen-bond donors (Lipinski definition) is 0. The predicted molar refractivity (Wildman–Crippen MR) is 79.8 cm³/mol. The average molecular weight is 306 g/mol. The van der Waals surface area contributed by atoms with Crippen molar-refractivity contribution in [1.82, 2.24) is 0 Å². The van der Waals surface area contributed by atoms with Crippen LogP contribution in [0.4, 0.5) is 13.2 Å². The number of halogens is 3. The van der Waals surface area contributed by atoms with Gasteiger partial charge in [-0.1, -0.05) is 18.2 Å². The number of rotatable bonds is 4. The summed E-state index contributed by atoms with van der Waals surface area (Å²) < 4.78 is 44.3. The minimum Gasteiger partial charge on any atom is -0.493 e. The predicted octanol–water partition coefficient (Wildman–Crippen LogP) is 5.47. The van der Waals surface area contributed by atoms with E-state index in [9.17, 15) is 13.2 Å². The SMILES string of the molecule is Cc1cc(OCC2CC2)cc(-c2cccc(C(F)(F)F)c2)c1. The molecule has 0 aliphatic heterocycles. The minimum atomic E-state index is -4.33. The van der Waals surface area contributed by atoms with E-state index in [1.165, 1.54) is 25.0 Å². The molecule has 1 saturated carbocycles. The zero-order valence-electron chi connectivity index (χ0n) is 12.3. The number of benzene rings is 2. The van der Waals surface area contributed by atoms with Crippen LogP contribution in [0.5, 0.6) is 5.75 Å². The Balaban J connectivity index is 1.89. The molecule has 0 atom stereocenters. The first kappa shape index (κ1) is 14.9. The van der Waals surface area contributed by atoms with Gasteiger partial charge in [-0.2, -0.15) is 13.2 Å². The summed E-state index contributed by atoms with van der Waals surface area (Å²) in [4.78, 5) is 0. The largest absolute Gasteiger partial charge is 0.493 e. The Bertz CT molecular complexity index is 672. The molecule has 0 saturated heterocycles. The number of hydrogen-bond acceptors (Lipinski definition) is 1. The Labute approximate surface area is 127 Å². The van der Waals surface area contributed by atoms with Gasteiger partial charge in [0.15, 0.2) is 0 Å². The fourth-order valence-corrected chi connectivity index (χ4v) is 2.37. The first-order valence-corrected chi connectivity index (χ1v) is 7.34. The Kier molecular flexibility index (Phi) is 3.85. The molecule has 0 aromatic heterocycles. The average Bonchev–Trinajstić information content (AvgIpc) is 3.28. The van der Waals surface area contributed by atoms with E-state index < -0.39 is 11.7 Å². The van der Waals surface area contributed by atoms with Crippen LogP contribution in [0.1, 0.15) is 24.0 Å². The summed E-state index contributed by atoms with van der Waals surface area (Å²) in [7, 11) is 0. The summed E-state index contributed by atoms with van der Waals surface area (Å²) in [5.41, 5.74) is 1.64. The molecule has 0 radical (unpaired) electrons. The summed E-state index contributed by atoms with van der Waals surface area (Å²) in [6.07, 6.45) is -1.93. The lowest BCUT2D eigenvalue weighted by molar-refractivity contribution is -0.137. The Hall–Kier alpha value is -1.97. The second-order valence-corrected chi connectivity index (χ2v) is 5.87. The zero-order valence-corrected chi connectivity index (χ0v) is 12.3. The Morgan fingerprint density at radius 2 is 1.82 bits per heavy atom. The van der Waals surface area contributed by atoms with E-state index >= 15 is 0 Å². The lowest BCUT2D eigenvalue weighted by Gasteiger charge is -2.12. The fraction of sp³-hybridized carbons (Fsp3) is 0.333. The zero-order chi connectivity index (χ0) is 15.7. The molecule has 2 aromatic carbocycles. The van der Waals surface area contributed by atoms with Crippen molar-refractivity contribution in [2.45, 2.75) is 25.9 Å². The second-order valence-electron chi connectivity index (χ2n) is 5.87. The summed E-state index contributed by atoms with van der Waals surface area (Å²) >= 11 is 0. The number of aryl methyl sites for hydroxylation is 1. The molecule has 0 bridgehead atoms. The van der Waals surface area contributed by atoms with E-state index in [1.54, 1.807) is 6.07 Å². The van der Waals surface area contributed by atoms with E-state index in [-0.39, 0.29) is 0 Å². The van der Waals surface area contributed by atoms with Crippen LogP contribution in [-0.2, 0) is 6.18 Å². The maximum Gasteiger partial charge on any atom is 0.416 e. The molecule has 0 unspecified atom stereocenters. The molecular formula is C18H17F3O. The van der Waals surface area contributed by atoms with Crippen LogP contribution in [-0.4, -0.2) is 6.61 Å². The van der Waals surface area contributed by atoms with Crippen LogP contribution in [0, 0.1) is 12.8 Å². The van der Waals surface area contributed by atoms with Crippen molar-refractivity contribution in [3.05, 3.63) is 53.6 Å². The highest BCUT2D eigenvalue weighted by atomic mass is 19.4. The second kappa shape index (κ2) is 5.67. The van der Waals surface area contributed by atoms with Crippen molar-refractivity contribution in [2.75, 3.05) is 6.61 Å². The smallest absolute Gasteiger partial charge is 0.416 e. The molecule has 0 spiro atoms. The first-order valence-electron chi connectivity index (χ1n) is 7.34. The topological polar surface area (TPSA) is 9.23 Å². The molecule has 22 heavy (non-hydrogen) atoms. The monoisotopic (exact) mass is 306 g/mol. The molecule has 116 valence electrons.